The van der Waals surface area contributed by atoms with Crippen LogP contribution in [0.25, 0.3) is 22.5 Å². The quantitative estimate of drug-likeness (QED) is 0.724. The van der Waals surface area contributed by atoms with Crippen LogP contribution in [0.15, 0.2) is 51.5 Å². The molecule has 0 atom stereocenters. The molecule has 0 bridgehead atoms. The second-order valence-electron chi connectivity index (χ2n) is 4.76. The lowest BCUT2D eigenvalue weighted by atomic mass is 10.0. The predicted molar refractivity (Wildman–Crippen MR) is 84.2 cm³/mol. The van der Waals surface area contributed by atoms with Crippen molar-refractivity contribution in [2.75, 3.05) is 5.73 Å². The Balaban J connectivity index is 2.21. The van der Waals surface area contributed by atoms with Gasteiger partial charge in [0.2, 0.25) is 0 Å². The topological polar surface area (TPSA) is 52.0 Å². The van der Waals surface area contributed by atoms with Gasteiger partial charge in [-0.15, -0.1) is 0 Å². The maximum atomic E-state index is 13.1. The first-order valence-electron chi connectivity index (χ1n) is 6.34. The van der Waals surface area contributed by atoms with Crippen LogP contribution in [-0.2, 0) is 0 Å². The summed E-state index contributed by atoms with van der Waals surface area (Å²) in [6.45, 7) is 1.99. The molecule has 0 aliphatic rings. The molecule has 1 aromatic heterocycles. The maximum Gasteiger partial charge on any atom is 0.178 e. The molecule has 2 N–H and O–H groups in total. The van der Waals surface area contributed by atoms with Crippen LogP contribution in [0.4, 0.5) is 10.2 Å². The fraction of sp³-hybridized carbons (Fsp3) is 0.0625. The lowest BCUT2D eigenvalue weighted by Gasteiger charge is -2.06. The standard InChI is InChI=1S/C16H12BrFN2O/c1-9-2-7-13(17)12(8-9)15-14(16(19)20-21-15)10-3-5-11(18)6-4-10/h2-8H,1H3,(H2,19,20). The van der Waals surface area contributed by atoms with Crippen molar-refractivity contribution in [3.63, 3.8) is 0 Å². The van der Waals surface area contributed by atoms with Crippen LogP contribution in [-0.4, -0.2) is 5.16 Å². The van der Waals surface area contributed by atoms with Gasteiger partial charge < -0.3 is 10.3 Å². The van der Waals surface area contributed by atoms with Crippen molar-refractivity contribution in [3.8, 4) is 22.5 Å². The molecule has 0 radical (unpaired) electrons. The number of hydrogen-bond acceptors (Lipinski definition) is 3. The fourth-order valence-electron chi connectivity index (χ4n) is 2.19. The summed E-state index contributed by atoms with van der Waals surface area (Å²) in [6, 6.07) is 12.0. The Morgan fingerprint density at radius 2 is 1.86 bits per heavy atom. The van der Waals surface area contributed by atoms with Crippen molar-refractivity contribution in [2.45, 2.75) is 6.92 Å². The number of nitrogen functional groups attached to an aromatic ring is 1. The number of rotatable bonds is 2. The molecule has 21 heavy (non-hydrogen) atoms. The van der Waals surface area contributed by atoms with Gasteiger partial charge in [0.05, 0.1) is 5.56 Å². The molecule has 3 nitrogen and oxygen atoms in total. The number of benzene rings is 2. The Morgan fingerprint density at radius 1 is 1.14 bits per heavy atom. The summed E-state index contributed by atoms with van der Waals surface area (Å²) in [5.41, 5.74) is 9.30. The van der Waals surface area contributed by atoms with E-state index in [0.717, 1.165) is 21.2 Å². The van der Waals surface area contributed by atoms with Gasteiger partial charge in [0, 0.05) is 10.0 Å². The maximum absolute atomic E-state index is 13.1. The van der Waals surface area contributed by atoms with Gasteiger partial charge in [-0.2, -0.15) is 0 Å². The minimum atomic E-state index is -0.299. The molecule has 1 heterocycles. The minimum absolute atomic E-state index is 0.282. The Kier molecular flexibility index (Phi) is 3.51. The smallest absolute Gasteiger partial charge is 0.178 e. The predicted octanol–water partition coefficient (Wildman–Crippen LogP) is 4.80. The molecular formula is C16H12BrFN2O. The Labute approximate surface area is 129 Å². The lowest BCUT2D eigenvalue weighted by molar-refractivity contribution is 0.436. The third-order valence-corrected chi connectivity index (χ3v) is 3.91. The Morgan fingerprint density at radius 3 is 2.57 bits per heavy atom. The Hall–Kier alpha value is -2.14. The number of hydrogen-bond donors (Lipinski definition) is 1. The monoisotopic (exact) mass is 346 g/mol. The average molecular weight is 347 g/mol. The highest BCUT2D eigenvalue weighted by molar-refractivity contribution is 9.10. The molecule has 106 valence electrons. The van der Waals surface area contributed by atoms with E-state index in [1.54, 1.807) is 12.1 Å². The summed E-state index contributed by atoms with van der Waals surface area (Å²) in [4.78, 5) is 0. The van der Waals surface area contributed by atoms with Crippen LogP contribution >= 0.6 is 15.9 Å². The van der Waals surface area contributed by atoms with Gasteiger partial charge in [0.1, 0.15) is 5.82 Å². The molecule has 0 saturated carbocycles. The summed E-state index contributed by atoms with van der Waals surface area (Å²) in [7, 11) is 0. The molecule has 0 aliphatic carbocycles. The average Bonchev–Trinajstić information content (AvgIpc) is 2.84. The molecule has 5 heteroatoms. The first-order chi connectivity index (χ1) is 10.1. The van der Waals surface area contributed by atoms with E-state index in [9.17, 15) is 4.39 Å². The first-order valence-corrected chi connectivity index (χ1v) is 7.13. The molecule has 3 rings (SSSR count). The van der Waals surface area contributed by atoms with Gasteiger partial charge in [-0.05, 0) is 36.8 Å². The van der Waals surface area contributed by atoms with Crippen molar-refractivity contribution in [1.29, 1.82) is 0 Å². The van der Waals surface area contributed by atoms with Crippen molar-refractivity contribution >= 4 is 21.7 Å². The van der Waals surface area contributed by atoms with E-state index in [2.05, 4.69) is 21.1 Å². The van der Waals surface area contributed by atoms with Crippen LogP contribution in [0.3, 0.4) is 0 Å². The normalized spacial score (nSPS) is 10.8. The van der Waals surface area contributed by atoms with Crippen LogP contribution in [0.1, 0.15) is 5.56 Å². The number of aryl methyl sites for hydroxylation is 1. The zero-order valence-electron chi connectivity index (χ0n) is 11.2. The summed E-state index contributed by atoms with van der Waals surface area (Å²) >= 11 is 3.51. The number of anilines is 1. The van der Waals surface area contributed by atoms with Gasteiger partial charge in [0.25, 0.3) is 0 Å². The molecule has 0 fully saturated rings. The molecule has 0 amide bonds. The van der Waals surface area contributed by atoms with Crippen molar-refractivity contribution < 1.29 is 8.91 Å². The highest BCUT2D eigenvalue weighted by Gasteiger charge is 2.19. The van der Waals surface area contributed by atoms with E-state index >= 15 is 0 Å². The zero-order valence-corrected chi connectivity index (χ0v) is 12.8. The summed E-state index contributed by atoms with van der Waals surface area (Å²) in [5, 5.41) is 3.85. The van der Waals surface area contributed by atoms with E-state index in [0.29, 0.717) is 11.3 Å². The molecule has 3 aromatic rings. The second-order valence-corrected chi connectivity index (χ2v) is 5.62. The third-order valence-electron chi connectivity index (χ3n) is 3.22. The van der Waals surface area contributed by atoms with Crippen LogP contribution < -0.4 is 5.73 Å². The lowest BCUT2D eigenvalue weighted by Crippen LogP contribution is -1.90. The van der Waals surface area contributed by atoms with Crippen molar-refractivity contribution in [3.05, 3.63) is 58.3 Å². The number of aromatic nitrogens is 1. The number of nitrogens with zero attached hydrogens (tertiary/aromatic N) is 1. The first kappa shape index (κ1) is 13.8. The van der Waals surface area contributed by atoms with E-state index in [1.807, 2.05) is 25.1 Å². The minimum Gasteiger partial charge on any atom is -0.380 e. The van der Waals surface area contributed by atoms with E-state index in [-0.39, 0.29) is 11.6 Å². The van der Waals surface area contributed by atoms with Gasteiger partial charge in [-0.25, -0.2) is 4.39 Å². The van der Waals surface area contributed by atoms with E-state index in [1.165, 1.54) is 12.1 Å². The van der Waals surface area contributed by atoms with Gasteiger partial charge in [-0.3, -0.25) is 0 Å². The molecule has 0 unspecified atom stereocenters. The van der Waals surface area contributed by atoms with Gasteiger partial charge in [0.15, 0.2) is 11.6 Å². The molecule has 2 aromatic carbocycles. The van der Waals surface area contributed by atoms with E-state index in [4.69, 9.17) is 10.3 Å². The highest BCUT2D eigenvalue weighted by atomic mass is 79.9. The third kappa shape index (κ3) is 2.56. The van der Waals surface area contributed by atoms with Crippen LogP contribution in [0.2, 0.25) is 0 Å². The molecule has 0 aliphatic heterocycles. The molecule has 0 spiro atoms. The van der Waals surface area contributed by atoms with Crippen LogP contribution in [0.5, 0.6) is 0 Å². The van der Waals surface area contributed by atoms with Crippen molar-refractivity contribution in [2.24, 2.45) is 0 Å². The Bertz CT molecular complexity index is 797. The fourth-order valence-corrected chi connectivity index (χ4v) is 2.62. The summed E-state index contributed by atoms with van der Waals surface area (Å²) in [6.07, 6.45) is 0. The van der Waals surface area contributed by atoms with Crippen molar-refractivity contribution in [1.82, 2.24) is 5.16 Å². The second kappa shape index (κ2) is 5.33. The zero-order chi connectivity index (χ0) is 15.0. The highest BCUT2D eigenvalue weighted by Crippen LogP contribution is 2.39. The van der Waals surface area contributed by atoms with E-state index < -0.39 is 0 Å². The van der Waals surface area contributed by atoms with Gasteiger partial charge in [-0.1, -0.05) is 44.8 Å². The molecular weight excluding hydrogens is 335 g/mol. The van der Waals surface area contributed by atoms with Crippen LogP contribution in [0, 0.1) is 12.7 Å². The largest absolute Gasteiger partial charge is 0.380 e. The number of halogens is 2. The molecule has 0 saturated heterocycles. The summed E-state index contributed by atoms with van der Waals surface area (Å²) < 4.78 is 19.4. The summed E-state index contributed by atoms with van der Waals surface area (Å²) in [5.74, 6) is 0.548. The van der Waals surface area contributed by atoms with Gasteiger partial charge >= 0.3 is 0 Å². The number of nitrogens with two attached hydrogens (primary N) is 1. The SMILES string of the molecule is Cc1ccc(Br)c(-c2onc(N)c2-c2ccc(F)cc2)c1.